The van der Waals surface area contributed by atoms with E-state index in [4.69, 9.17) is 16.6 Å². The summed E-state index contributed by atoms with van der Waals surface area (Å²) in [6.45, 7) is 2.76. The molecule has 0 saturated carbocycles. The molecule has 0 aromatic carbocycles. The van der Waals surface area contributed by atoms with Gasteiger partial charge >= 0.3 is 5.97 Å². The SMILES string of the molecule is CC(C)C(NC(=O)C(CCC(N)=O)NC(=O)CNC(=O)C(N)CS)C(=O)O. The number of carbonyl (C=O) groups is 5. The van der Waals surface area contributed by atoms with Crippen LogP contribution in [0.4, 0.5) is 0 Å². The van der Waals surface area contributed by atoms with E-state index < -0.39 is 60.2 Å². The van der Waals surface area contributed by atoms with Crippen molar-refractivity contribution in [3.63, 3.8) is 0 Å². The molecule has 0 bridgehead atoms. The first-order valence-corrected chi connectivity index (χ1v) is 8.87. The molecule has 154 valence electrons. The minimum atomic E-state index is -1.23. The number of nitrogens with one attached hydrogen (secondary N) is 3. The summed E-state index contributed by atoms with van der Waals surface area (Å²) in [5.41, 5.74) is 10.5. The third-order valence-electron chi connectivity index (χ3n) is 3.52. The molecule has 0 rings (SSSR count). The Morgan fingerprint density at radius 2 is 1.67 bits per heavy atom. The van der Waals surface area contributed by atoms with Crippen molar-refractivity contribution in [3.8, 4) is 0 Å². The fourth-order valence-electron chi connectivity index (χ4n) is 1.95. The first kappa shape index (κ1) is 24.7. The van der Waals surface area contributed by atoms with Gasteiger partial charge in [0, 0.05) is 12.2 Å². The van der Waals surface area contributed by atoms with E-state index in [-0.39, 0.29) is 18.6 Å². The van der Waals surface area contributed by atoms with Crippen LogP contribution in [0.15, 0.2) is 0 Å². The number of primary amides is 1. The van der Waals surface area contributed by atoms with E-state index in [0.717, 1.165) is 0 Å². The van der Waals surface area contributed by atoms with E-state index in [1.54, 1.807) is 13.8 Å². The first-order valence-electron chi connectivity index (χ1n) is 8.24. The molecule has 3 atom stereocenters. The summed E-state index contributed by atoms with van der Waals surface area (Å²) < 4.78 is 0. The molecule has 0 aliphatic heterocycles. The van der Waals surface area contributed by atoms with E-state index in [2.05, 4.69) is 28.6 Å². The zero-order valence-electron chi connectivity index (χ0n) is 15.2. The summed E-state index contributed by atoms with van der Waals surface area (Å²) in [5, 5.41) is 16.1. The van der Waals surface area contributed by atoms with Crippen LogP contribution in [0.3, 0.4) is 0 Å². The number of carboxylic acids is 1. The normalized spacial score (nSPS) is 14.0. The van der Waals surface area contributed by atoms with E-state index >= 15 is 0 Å². The van der Waals surface area contributed by atoms with Crippen LogP contribution in [-0.2, 0) is 24.0 Å². The molecule has 27 heavy (non-hydrogen) atoms. The lowest BCUT2D eigenvalue weighted by Gasteiger charge is -2.23. The Hall–Kier alpha value is -2.34. The average molecular weight is 405 g/mol. The Kier molecular flexibility index (Phi) is 11.1. The zero-order valence-corrected chi connectivity index (χ0v) is 16.1. The second kappa shape index (κ2) is 12.1. The Labute approximate surface area is 162 Å². The highest BCUT2D eigenvalue weighted by Crippen LogP contribution is 2.04. The minimum Gasteiger partial charge on any atom is -0.480 e. The van der Waals surface area contributed by atoms with Crippen LogP contribution in [-0.4, -0.2) is 65.1 Å². The number of aliphatic carboxylic acids is 1. The van der Waals surface area contributed by atoms with Crippen LogP contribution in [0.5, 0.6) is 0 Å². The van der Waals surface area contributed by atoms with Gasteiger partial charge in [0.15, 0.2) is 0 Å². The summed E-state index contributed by atoms with van der Waals surface area (Å²) in [7, 11) is 0. The smallest absolute Gasteiger partial charge is 0.326 e. The van der Waals surface area contributed by atoms with Crippen molar-refractivity contribution in [2.24, 2.45) is 17.4 Å². The maximum Gasteiger partial charge on any atom is 0.326 e. The molecule has 0 fully saturated rings. The third kappa shape index (κ3) is 9.80. The van der Waals surface area contributed by atoms with Crippen molar-refractivity contribution in [1.29, 1.82) is 0 Å². The highest BCUT2D eigenvalue weighted by Gasteiger charge is 2.28. The minimum absolute atomic E-state index is 0.0862. The van der Waals surface area contributed by atoms with Crippen LogP contribution < -0.4 is 27.4 Å². The van der Waals surface area contributed by atoms with Gasteiger partial charge in [-0.2, -0.15) is 12.6 Å². The molecule has 0 aromatic rings. The molecule has 11 nitrogen and oxygen atoms in total. The number of hydrogen-bond acceptors (Lipinski definition) is 7. The van der Waals surface area contributed by atoms with Gasteiger partial charge < -0.3 is 32.5 Å². The van der Waals surface area contributed by atoms with Gasteiger partial charge in [-0.05, 0) is 12.3 Å². The fraction of sp³-hybridized carbons (Fsp3) is 0.667. The van der Waals surface area contributed by atoms with Crippen LogP contribution >= 0.6 is 12.6 Å². The molecule has 4 amide bonds. The molecule has 0 saturated heterocycles. The molecule has 0 aliphatic carbocycles. The standard InChI is InChI=1S/C15H27N5O6S/c1-7(2)12(15(25)26)20-14(24)9(3-4-10(17)21)19-11(22)5-18-13(23)8(16)6-27/h7-9,12,27H,3-6,16H2,1-2H3,(H2,17,21)(H,18,23)(H,19,22)(H,20,24)(H,25,26). The maximum atomic E-state index is 12.3. The van der Waals surface area contributed by atoms with Crippen molar-refractivity contribution in [2.75, 3.05) is 12.3 Å². The topological polar surface area (TPSA) is 194 Å². The summed E-state index contributed by atoms with van der Waals surface area (Å²) >= 11 is 3.86. The molecule has 12 heteroatoms. The van der Waals surface area contributed by atoms with Gasteiger partial charge in [0.1, 0.15) is 12.1 Å². The molecule has 0 aliphatic rings. The van der Waals surface area contributed by atoms with Crippen LogP contribution in [0.25, 0.3) is 0 Å². The predicted octanol–water partition coefficient (Wildman–Crippen LogP) is -2.66. The number of amides is 4. The Balaban J connectivity index is 4.95. The molecular formula is C15H27N5O6S. The number of rotatable bonds is 12. The second-order valence-corrected chi connectivity index (χ2v) is 6.57. The molecule has 0 spiro atoms. The van der Waals surface area contributed by atoms with E-state index in [9.17, 15) is 24.0 Å². The van der Waals surface area contributed by atoms with Crippen molar-refractivity contribution in [1.82, 2.24) is 16.0 Å². The van der Waals surface area contributed by atoms with Crippen LogP contribution in [0, 0.1) is 5.92 Å². The molecule has 8 N–H and O–H groups in total. The highest BCUT2D eigenvalue weighted by atomic mass is 32.1. The van der Waals surface area contributed by atoms with Gasteiger partial charge in [0.05, 0.1) is 12.6 Å². The molecule has 0 aromatic heterocycles. The lowest BCUT2D eigenvalue weighted by atomic mass is 10.0. The predicted molar refractivity (Wildman–Crippen MR) is 99.6 cm³/mol. The maximum absolute atomic E-state index is 12.3. The largest absolute Gasteiger partial charge is 0.480 e. The molecule has 3 unspecified atom stereocenters. The molecule has 0 radical (unpaired) electrons. The van der Waals surface area contributed by atoms with E-state index in [0.29, 0.717) is 0 Å². The van der Waals surface area contributed by atoms with E-state index in [1.807, 2.05) is 0 Å². The number of carboxylic acid groups (broad SMARTS) is 1. The average Bonchev–Trinajstić information content (AvgIpc) is 2.59. The van der Waals surface area contributed by atoms with Gasteiger partial charge in [0.25, 0.3) is 0 Å². The number of hydrogen-bond donors (Lipinski definition) is 7. The Bertz CT molecular complexity index is 571. The monoisotopic (exact) mass is 405 g/mol. The van der Waals surface area contributed by atoms with Crippen LogP contribution in [0.2, 0.25) is 0 Å². The van der Waals surface area contributed by atoms with Crippen molar-refractivity contribution in [2.45, 2.75) is 44.8 Å². The summed E-state index contributed by atoms with van der Waals surface area (Å²) in [6.07, 6.45) is -0.323. The summed E-state index contributed by atoms with van der Waals surface area (Å²) in [6, 6.07) is -3.25. The first-order chi connectivity index (χ1) is 12.5. The van der Waals surface area contributed by atoms with Crippen LogP contribution in [0.1, 0.15) is 26.7 Å². The van der Waals surface area contributed by atoms with Gasteiger partial charge in [-0.3, -0.25) is 19.2 Å². The fourth-order valence-corrected chi connectivity index (χ4v) is 2.12. The summed E-state index contributed by atoms with van der Waals surface area (Å²) in [4.78, 5) is 58.1. The lowest BCUT2D eigenvalue weighted by Crippen LogP contribution is -2.55. The third-order valence-corrected chi connectivity index (χ3v) is 3.91. The zero-order chi connectivity index (χ0) is 21.1. The van der Waals surface area contributed by atoms with Gasteiger partial charge in [0.2, 0.25) is 23.6 Å². The highest BCUT2D eigenvalue weighted by molar-refractivity contribution is 7.80. The van der Waals surface area contributed by atoms with Crippen molar-refractivity contribution >= 4 is 42.2 Å². The van der Waals surface area contributed by atoms with E-state index in [1.165, 1.54) is 0 Å². The van der Waals surface area contributed by atoms with Crippen molar-refractivity contribution in [3.05, 3.63) is 0 Å². The molecule has 0 heterocycles. The quantitative estimate of drug-likeness (QED) is 0.172. The Morgan fingerprint density at radius 1 is 1.07 bits per heavy atom. The lowest BCUT2D eigenvalue weighted by molar-refractivity contribution is -0.143. The van der Waals surface area contributed by atoms with Crippen molar-refractivity contribution < 1.29 is 29.1 Å². The molecular weight excluding hydrogens is 378 g/mol. The Morgan fingerprint density at radius 3 is 2.11 bits per heavy atom. The number of thiol groups is 1. The second-order valence-electron chi connectivity index (χ2n) is 6.20. The van der Waals surface area contributed by atoms with Gasteiger partial charge in [-0.25, -0.2) is 4.79 Å². The number of nitrogens with two attached hydrogens (primary N) is 2. The van der Waals surface area contributed by atoms with Gasteiger partial charge in [-0.15, -0.1) is 0 Å². The number of carbonyl (C=O) groups excluding carboxylic acids is 4. The van der Waals surface area contributed by atoms with Gasteiger partial charge in [-0.1, -0.05) is 13.8 Å². The summed E-state index contributed by atoms with van der Waals surface area (Å²) in [5.74, 6) is -4.31.